The van der Waals surface area contributed by atoms with Gasteiger partial charge in [-0.15, -0.1) is 0 Å². The predicted molar refractivity (Wildman–Crippen MR) is 205 cm³/mol. The number of aliphatic carboxylic acids is 1. The molecule has 5 fully saturated rings. The molecular formula is C45H64N2O6. The summed E-state index contributed by atoms with van der Waals surface area (Å²) in [4.78, 5) is 52.9. The summed E-state index contributed by atoms with van der Waals surface area (Å²) < 4.78 is 6.17. The minimum absolute atomic E-state index is 0.0345. The van der Waals surface area contributed by atoms with Crippen molar-refractivity contribution in [3.8, 4) is 0 Å². The van der Waals surface area contributed by atoms with Crippen molar-refractivity contribution in [1.29, 1.82) is 0 Å². The number of esters is 1. The van der Waals surface area contributed by atoms with Crippen LogP contribution in [0.25, 0.3) is 0 Å². The number of hydrogen-bond acceptors (Lipinski definition) is 5. The van der Waals surface area contributed by atoms with Crippen molar-refractivity contribution in [2.45, 2.75) is 157 Å². The highest BCUT2D eigenvalue weighted by atomic mass is 16.5. The SMILES string of the molecule is CC(C)C1=C2C3CCC4[C@@]5(C)CC[C@H](OC(=O)CC(C)(C)C(=O)O)C(C)(C)C5CC[C@@]4(C)[C@]3(C)CC[C@@]2(NC(=O)NC2(c3ccccc3)CC2)CC1=O. The van der Waals surface area contributed by atoms with E-state index in [0.717, 1.165) is 75.3 Å². The van der Waals surface area contributed by atoms with Crippen LogP contribution in [0.1, 0.15) is 145 Å². The molecule has 53 heavy (non-hydrogen) atoms. The number of carboxylic acid groups (broad SMARTS) is 1. The van der Waals surface area contributed by atoms with Gasteiger partial charge in [-0.05, 0) is 135 Å². The van der Waals surface area contributed by atoms with Crippen LogP contribution in [0, 0.1) is 50.7 Å². The fourth-order valence-corrected chi connectivity index (χ4v) is 13.4. The van der Waals surface area contributed by atoms with Crippen molar-refractivity contribution in [1.82, 2.24) is 10.6 Å². The molecule has 1 aromatic rings. The number of carbonyl (C=O) groups is 4. The van der Waals surface area contributed by atoms with Gasteiger partial charge >= 0.3 is 18.0 Å². The number of carboxylic acids is 1. The first-order valence-electron chi connectivity index (χ1n) is 20.5. The lowest BCUT2D eigenvalue weighted by atomic mass is 9.33. The Kier molecular flexibility index (Phi) is 8.94. The molecule has 8 heteroatoms. The van der Waals surface area contributed by atoms with E-state index in [9.17, 15) is 24.3 Å². The fourth-order valence-electron chi connectivity index (χ4n) is 13.4. The Morgan fingerprint density at radius 1 is 0.830 bits per heavy atom. The third kappa shape index (κ3) is 5.72. The molecule has 5 saturated carbocycles. The smallest absolute Gasteiger partial charge is 0.316 e. The zero-order valence-corrected chi connectivity index (χ0v) is 33.7. The molecule has 3 unspecified atom stereocenters. The van der Waals surface area contributed by atoms with E-state index in [-0.39, 0.29) is 63.4 Å². The molecule has 8 nitrogen and oxygen atoms in total. The highest BCUT2D eigenvalue weighted by Gasteiger charge is 2.70. The number of ether oxygens (including phenoxy) is 1. The Bertz CT molecular complexity index is 1720. The normalized spacial score (nSPS) is 38.2. The molecule has 0 spiro atoms. The Morgan fingerprint density at radius 2 is 1.47 bits per heavy atom. The largest absolute Gasteiger partial charge is 0.481 e. The third-order valence-corrected chi connectivity index (χ3v) is 16.6. The Labute approximate surface area is 317 Å². The second-order valence-corrected chi connectivity index (χ2v) is 20.5. The number of ketones is 1. The average Bonchev–Trinajstić information content (AvgIpc) is 3.78. The third-order valence-electron chi connectivity index (χ3n) is 16.6. The van der Waals surface area contributed by atoms with Crippen LogP contribution in [0.2, 0.25) is 0 Å². The maximum Gasteiger partial charge on any atom is 0.316 e. The van der Waals surface area contributed by atoms with Gasteiger partial charge in [0.2, 0.25) is 0 Å². The van der Waals surface area contributed by atoms with Gasteiger partial charge in [0.1, 0.15) is 6.10 Å². The average molecular weight is 729 g/mol. The summed E-state index contributed by atoms with van der Waals surface area (Å²) in [6, 6.07) is 10.1. The van der Waals surface area contributed by atoms with Gasteiger partial charge in [-0.1, -0.05) is 78.8 Å². The summed E-state index contributed by atoms with van der Waals surface area (Å²) in [5, 5.41) is 16.5. The van der Waals surface area contributed by atoms with Crippen molar-refractivity contribution >= 4 is 23.8 Å². The molecule has 0 aromatic heterocycles. The molecular weight excluding hydrogens is 665 g/mol. The number of rotatable bonds is 8. The second kappa shape index (κ2) is 12.4. The van der Waals surface area contributed by atoms with E-state index < -0.39 is 22.9 Å². The molecule has 290 valence electrons. The minimum Gasteiger partial charge on any atom is -0.481 e. The van der Waals surface area contributed by atoms with Crippen molar-refractivity contribution in [3.63, 3.8) is 0 Å². The first kappa shape index (κ1) is 38.1. The molecule has 2 amide bonds. The molecule has 6 aliphatic carbocycles. The van der Waals surface area contributed by atoms with Crippen molar-refractivity contribution in [2.24, 2.45) is 50.7 Å². The lowest BCUT2D eigenvalue weighted by molar-refractivity contribution is -0.232. The fraction of sp³-hybridized carbons (Fsp3) is 0.733. The molecule has 0 bridgehead atoms. The number of fused-ring (bicyclic) bond motifs is 7. The predicted octanol–water partition coefficient (Wildman–Crippen LogP) is 9.12. The lowest BCUT2D eigenvalue weighted by Gasteiger charge is -2.72. The first-order chi connectivity index (χ1) is 24.7. The molecule has 0 saturated heterocycles. The number of carbonyl (C=O) groups excluding carboxylic acids is 3. The standard InChI is InChI=1S/C45H64N2O6/c1-27(2)35-30(48)25-45(47-38(52)46-44(23-24-44)28-13-11-10-12-14-28)22-21-42(8)29(36(35)45)15-16-32-41(7)19-18-33(53-34(49)26-39(3,4)37(50)51)40(5,6)31(41)17-20-43(32,42)9/h10-14,27,29,31-33H,15-26H2,1-9H3,(H,50,51)(H2,46,47,52)/t29?,31?,32?,33-,41-,42+,43+,45+/m0/s1. The van der Waals surface area contributed by atoms with Crippen LogP contribution in [0.4, 0.5) is 4.79 Å². The van der Waals surface area contributed by atoms with Crippen molar-refractivity contribution in [2.75, 3.05) is 0 Å². The summed E-state index contributed by atoms with van der Waals surface area (Å²) >= 11 is 0. The number of amides is 2. The summed E-state index contributed by atoms with van der Waals surface area (Å²) in [5.74, 6) is -0.0772. The molecule has 0 aliphatic heterocycles. The number of urea groups is 1. The summed E-state index contributed by atoms with van der Waals surface area (Å²) in [6.45, 7) is 19.6. The monoisotopic (exact) mass is 728 g/mol. The molecule has 1 aromatic carbocycles. The van der Waals surface area contributed by atoms with Crippen LogP contribution in [-0.4, -0.2) is 40.5 Å². The molecule has 6 aliphatic rings. The van der Waals surface area contributed by atoms with Crippen molar-refractivity contribution < 1.29 is 29.0 Å². The maximum atomic E-state index is 14.1. The number of hydrogen-bond donors (Lipinski definition) is 3. The van der Waals surface area contributed by atoms with Gasteiger partial charge in [-0.2, -0.15) is 0 Å². The number of Topliss-reactive ketones (excluding diaryl/α,β-unsaturated/α-hetero) is 1. The molecule has 0 heterocycles. The second-order valence-electron chi connectivity index (χ2n) is 20.5. The van der Waals surface area contributed by atoms with Crippen LogP contribution < -0.4 is 10.6 Å². The molecule has 3 N–H and O–H groups in total. The summed E-state index contributed by atoms with van der Waals surface area (Å²) in [5.41, 5.74) is 0.973. The van der Waals surface area contributed by atoms with Gasteiger partial charge in [0.25, 0.3) is 0 Å². The van der Waals surface area contributed by atoms with E-state index in [1.807, 2.05) is 18.2 Å². The van der Waals surface area contributed by atoms with Gasteiger partial charge in [-0.3, -0.25) is 14.4 Å². The van der Waals surface area contributed by atoms with Gasteiger partial charge in [-0.25, -0.2) is 4.79 Å². The maximum absolute atomic E-state index is 14.1. The molecule has 7 rings (SSSR count). The topological polar surface area (TPSA) is 122 Å². The van der Waals surface area contributed by atoms with Crippen molar-refractivity contribution in [3.05, 3.63) is 47.0 Å². The summed E-state index contributed by atoms with van der Waals surface area (Å²) in [6.07, 6.45) is 9.44. The first-order valence-corrected chi connectivity index (χ1v) is 20.5. The Hall–Kier alpha value is -3.16. The van der Waals surface area contributed by atoms with E-state index in [0.29, 0.717) is 18.3 Å². The van der Waals surface area contributed by atoms with E-state index in [1.165, 1.54) is 5.57 Å². The van der Waals surface area contributed by atoms with E-state index in [2.05, 4.69) is 71.2 Å². The zero-order valence-electron chi connectivity index (χ0n) is 33.7. The Balaban J connectivity index is 1.15. The van der Waals surface area contributed by atoms with E-state index >= 15 is 0 Å². The summed E-state index contributed by atoms with van der Waals surface area (Å²) in [7, 11) is 0. The molecule has 0 radical (unpaired) electrons. The van der Waals surface area contributed by atoms with Crippen LogP contribution in [0.5, 0.6) is 0 Å². The van der Waals surface area contributed by atoms with Crippen LogP contribution in [-0.2, 0) is 24.7 Å². The Morgan fingerprint density at radius 3 is 2.09 bits per heavy atom. The molecule has 8 atom stereocenters. The number of benzene rings is 1. The van der Waals surface area contributed by atoms with E-state index in [4.69, 9.17) is 4.74 Å². The van der Waals surface area contributed by atoms with Crippen LogP contribution in [0.3, 0.4) is 0 Å². The zero-order chi connectivity index (χ0) is 38.6. The van der Waals surface area contributed by atoms with Crippen LogP contribution >= 0.6 is 0 Å². The lowest BCUT2D eigenvalue weighted by Crippen LogP contribution is -2.67. The van der Waals surface area contributed by atoms with Gasteiger partial charge in [0.15, 0.2) is 5.78 Å². The highest BCUT2D eigenvalue weighted by Crippen LogP contribution is 2.76. The minimum atomic E-state index is -1.17. The highest BCUT2D eigenvalue weighted by molar-refractivity contribution is 6.02. The number of allylic oxidation sites excluding steroid dienone is 1. The van der Waals surface area contributed by atoms with Crippen LogP contribution in [0.15, 0.2) is 41.5 Å². The quantitative estimate of drug-likeness (QED) is 0.230. The van der Waals surface area contributed by atoms with Gasteiger partial charge in [0, 0.05) is 11.8 Å². The number of nitrogens with one attached hydrogen (secondary N) is 2. The van der Waals surface area contributed by atoms with Gasteiger partial charge in [0.05, 0.1) is 22.9 Å². The van der Waals surface area contributed by atoms with E-state index in [1.54, 1.807) is 13.8 Å². The van der Waals surface area contributed by atoms with Gasteiger partial charge < -0.3 is 20.5 Å².